The quantitative estimate of drug-likeness (QED) is 0.188. The van der Waals surface area contributed by atoms with Crippen molar-refractivity contribution in [1.82, 2.24) is 0 Å². The Hall–Kier alpha value is -1.06. The third kappa shape index (κ3) is 12.3. The summed E-state index contributed by atoms with van der Waals surface area (Å²) >= 11 is 0. The molecule has 29 heavy (non-hydrogen) atoms. The van der Waals surface area contributed by atoms with Gasteiger partial charge in [0.15, 0.2) is 0 Å². The summed E-state index contributed by atoms with van der Waals surface area (Å²) in [5.41, 5.74) is -0.875. The lowest BCUT2D eigenvalue weighted by atomic mass is 9.65. The zero-order valence-electron chi connectivity index (χ0n) is 19.5. The molecule has 0 amide bonds. The molecule has 0 aliphatic rings. The molecule has 0 aliphatic carbocycles. The van der Waals surface area contributed by atoms with E-state index in [2.05, 4.69) is 13.8 Å². The Bertz CT molecular complexity index is 405. The second-order valence-corrected chi connectivity index (χ2v) is 8.91. The molecule has 0 bridgehead atoms. The average Bonchev–Trinajstić information content (AvgIpc) is 2.68. The molecule has 4 nitrogen and oxygen atoms in total. The van der Waals surface area contributed by atoms with Crippen molar-refractivity contribution in [2.75, 3.05) is 0 Å². The van der Waals surface area contributed by atoms with E-state index in [1.807, 2.05) is 6.92 Å². The first-order valence-electron chi connectivity index (χ1n) is 12.4. The fourth-order valence-electron chi connectivity index (χ4n) is 4.74. The van der Waals surface area contributed by atoms with Crippen LogP contribution in [-0.2, 0) is 9.59 Å². The van der Waals surface area contributed by atoms with Crippen LogP contribution in [0.4, 0.5) is 0 Å². The summed E-state index contributed by atoms with van der Waals surface area (Å²) < 4.78 is 0. The Morgan fingerprint density at radius 2 is 1.10 bits per heavy atom. The molecule has 1 atom stereocenters. The predicted octanol–water partition coefficient (Wildman–Crippen LogP) is 7.84. The lowest BCUT2D eigenvalue weighted by Crippen LogP contribution is -2.39. The Kier molecular flexibility index (Phi) is 17.1. The van der Waals surface area contributed by atoms with Crippen LogP contribution in [0, 0.1) is 11.3 Å². The summed E-state index contributed by atoms with van der Waals surface area (Å²) in [5.74, 6) is -1.57. The van der Waals surface area contributed by atoms with Gasteiger partial charge in [-0.05, 0) is 31.6 Å². The van der Waals surface area contributed by atoms with E-state index >= 15 is 0 Å². The van der Waals surface area contributed by atoms with Gasteiger partial charge in [-0.15, -0.1) is 0 Å². The van der Waals surface area contributed by atoms with Gasteiger partial charge in [0.25, 0.3) is 0 Å². The maximum Gasteiger partial charge on any atom is 0.309 e. The molecule has 172 valence electrons. The first-order valence-corrected chi connectivity index (χ1v) is 12.4. The fraction of sp³-hybridized carbons (Fsp3) is 0.920. The first kappa shape index (κ1) is 27.9. The van der Waals surface area contributed by atoms with Crippen molar-refractivity contribution >= 4 is 11.9 Å². The molecule has 0 fully saturated rings. The zero-order chi connectivity index (χ0) is 22.0. The van der Waals surface area contributed by atoms with Crippen LogP contribution < -0.4 is 0 Å². The van der Waals surface area contributed by atoms with Crippen molar-refractivity contribution in [1.29, 1.82) is 0 Å². The Labute approximate surface area is 179 Å². The molecule has 0 aromatic carbocycles. The molecule has 0 aromatic heterocycles. The third-order valence-corrected chi connectivity index (χ3v) is 6.50. The van der Waals surface area contributed by atoms with Gasteiger partial charge >= 0.3 is 11.9 Å². The molecule has 0 aliphatic heterocycles. The fourth-order valence-corrected chi connectivity index (χ4v) is 4.74. The van der Waals surface area contributed by atoms with Gasteiger partial charge in [0.1, 0.15) is 0 Å². The number of hydrogen-bond acceptors (Lipinski definition) is 2. The van der Waals surface area contributed by atoms with Crippen LogP contribution in [0.15, 0.2) is 0 Å². The maximum atomic E-state index is 12.4. The molecule has 1 unspecified atom stereocenters. The highest BCUT2D eigenvalue weighted by Gasteiger charge is 2.44. The number of carbonyl (C=O) groups is 2. The van der Waals surface area contributed by atoms with Crippen molar-refractivity contribution in [3.63, 3.8) is 0 Å². The van der Waals surface area contributed by atoms with Crippen LogP contribution in [0.5, 0.6) is 0 Å². The normalized spacial score (nSPS) is 13.5. The van der Waals surface area contributed by atoms with Gasteiger partial charge in [0, 0.05) is 6.42 Å². The largest absolute Gasteiger partial charge is 0.481 e. The molecule has 0 radical (unpaired) electrons. The van der Waals surface area contributed by atoms with E-state index in [9.17, 15) is 19.8 Å². The summed E-state index contributed by atoms with van der Waals surface area (Å²) in [4.78, 5) is 23.6. The number of carboxylic acids is 2. The van der Waals surface area contributed by atoms with Crippen molar-refractivity contribution in [2.45, 2.75) is 136 Å². The van der Waals surface area contributed by atoms with E-state index in [1.54, 1.807) is 0 Å². The van der Waals surface area contributed by atoms with Gasteiger partial charge in [-0.1, -0.05) is 104 Å². The highest BCUT2D eigenvalue weighted by Crippen LogP contribution is 2.44. The van der Waals surface area contributed by atoms with E-state index in [0.717, 1.165) is 44.9 Å². The van der Waals surface area contributed by atoms with Gasteiger partial charge in [-0.3, -0.25) is 9.59 Å². The summed E-state index contributed by atoms with van der Waals surface area (Å²) in [6, 6.07) is 0. The van der Waals surface area contributed by atoms with Crippen molar-refractivity contribution in [3.8, 4) is 0 Å². The number of rotatable bonds is 21. The monoisotopic (exact) mass is 412 g/mol. The van der Waals surface area contributed by atoms with Gasteiger partial charge in [-0.25, -0.2) is 0 Å². The number of carboxylic acid groups (broad SMARTS) is 2. The highest BCUT2D eigenvalue weighted by atomic mass is 16.4. The molecule has 2 N–H and O–H groups in total. The number of unbranched alkanes of at least 4 members (excludes halogenated alkanes) is 10. The molecular formula is C25H48O4. The van der Waals surface area contributed by atoms with Gasteiger partial charge < -0.3 is 10.2 Å². The van der Waals surface area contributed by atoms with Crippen LogP contribution in [0.2, 0.25) is 0 Å². The van der Waals surface area contributed by atoms with Crippen molar-refractivity contribution in [3.05, 3.63) is 0 Å². The zero-order valence-corrected chi connectivity index (χ0v) is 19.5. The maximum absolute atomic E-state index is 12.4. The number of hydrogen-bond donors (Lipinski definition) is 2. The van der Waals surface area contributed by atoms with E-state index < -0.39 is 17.4 Å². The summed E-state index contributed by atoms with van der Waals surface area (Å²) in [5, 5.41) is 19.4. The van der Waals surface area contributed by atoms with Crippen LogP contribution in [-0.4, -0.2) is 22.2 Å². The van der Waals surface area contributed by atoms with E-state index in [0.29, 0.717) is 6.42 Å². The summed E-state index contributed by atoms with van der Waals surface area (Å²) in [7, 11) is 0. The summed E-state index contributed by atoms with van der Waals surface area (Å²) in [6.45, 7) is 6.45. The highest BCUT2D eigenvalue weighted by molar-refractivity contribution is 5.76. The SMILES string of the molecule is CCCCCCCCC(CCCCCCCC)C(CCC)(CCC(=O)O)C(=O)O. The van der Waals surface area contributed by atoms with E-state index in [4.69, 9.17) is 0 Å². The number of aliphatic carboxylic acids is 2. The van der Waals surface area contributed by atoms with Crippen LogP contribution in [0.3, 0.4) is 0 Å². The van der Waals surface area contributed by atoms with Crippen LogP contribution in [0.1, 0.15) is 136 Å². The molecule has 4 heteroatoms. The second kappa shape index (κ2) is 17.8. The second-order valence-electron chi connectivity index (χ2n) is 8.91. The minimum Gasteiger partial charge on any atom is -0.481 e. The standard InChI is InChI=1S/C25H48O4/c1-4-7-9-11-13-15-17-22(18-16-14-12-10-8-5-2)25(20-6-3,24(28)29)21-19-23(26)27/h22H,4-21H2,1-3H3,(H,26,27)(H,28,29). The summed E-state index contributed by atoms with van der Waals surface area (Å²) in [6.07, 6.45) is 17.9. The first-order chi connectivity index (χ1) is 13.9. The molecular weight excluding hydrogens is 364 g/mol. The lowest BCUT2D eigenvalue weighted by molar-refractivity contribution is -0.155. The average molecular weight is 413 g/mol. The topological polar surface area (TPSA) is 74.6 Å². The minimum atomic E-state index is -0.885. The molecule has 0 rings (SSSR count). The van der Waals surface area contributed by atoms with Crippen molar-refractivity contribution < 1.29 is 19.8 Å². The molecule has 0 saturated heterocycles. The lowest BCUT2D eigenvalue weighted by Gasteiger charge is -2.37. The van der Waals surface area contributed by atoms with Crippen molar-refractivity contribution in [2.24, 2.45) is 11.3 Å². The molecule has 0 spiro atoms. The van der Waals surface area contributed by atoms with Crippen LogP contribution in [0.25, 0.3) is 0 Å². The molecule has 0 aromatic rings. The van der Waals surface area contributed by atoms with E-state index in [-0.39, 0.29) is 18.8 Å². The van der Waals surface area contributed by atoms with Crippen LogP contribution >= 0.6 is 0 Å². The van der Waals surface area contributed by atoms with Gasteiger partial charge in [0.05, 0.1) is 5.41 Å². The Balaban J connectivity index is 5.05. The molecule has 0 saturated carbocycles. The van der Waals surface area contributed by atoms with Gasteiger partial charge in [0.2, 0.25) is 0 Å². The smallest absolute Gasteiger partial charge is 0.309 e. The van der Waals surface area contributed by atoms with E-state index in [1.165, 1.54) is 51.4 Å². The van der Waals surface area contributed by atoms with Gasteiger partial charge in [-0.2, -0.15) is 0 Å². The minimum absolute atomic E-state index is 0.0458. The third-order valence-electron chi connectivity index (χ3n) is 6.50. The molecule has 0 heterocycles. The Morgan fingerprint density at radius 3 is 1.48 bits per heavy atom. The predicted molar refractivity (Wildman–Crippen MR) is 121 cm³/mol. The Morgan fingerprint density at radius 1 is 0.655 bits per heavy atom.